The molecule has 0 rings (SSSR count). The maximum atomic E-state index is 10.8. The van der Waals surface area contributed by atoms with Crippen molar-refractivity contribution in [2.24, 2.45) is 5.29 Å². The molecule has 0 aliphatic carbocycles. The summed E-state index contributed by atoms with van der Waals surface area (Å²) in [4.78, 5) is 31.8. The minimum atomic E-state index is -1.21. The molecule has 80 valence electrons. The van der Waals surface area contributed by atoms with Gasteiger partial charge in [0.1, 0.15) is 0 Å². The molecule has 6 nitrogen and oxygen atoms in total. The summed E-state index contributed by atoms with van der Waals surface area (Å²) >= 11 is 1.44. The van der Waals surface area contributed by atoms with Crippen LogP contribution in [0.3, 0.4) is 0 Å². The number of carbonyl (C=O) groups is 2. The lowest BCUT2D eigenvalue weighted by Gasteiger charge is -2.18. The molecule has 0 saturated heterocycles. The molecule has 0 heterocycles. The summed E-state index contributed by atoms with van der Waals surface area (Å²) in [6.07, 6.45) is 2.02. The number of carboxylic acids is 1. The minimum Gasteiger partial charge on any atom is -0.480 e. The van der Waals surface area contributed by atoms with Gasteiger partial charge in [-0.1, -0.05) is 0 Å². The van der Waals surface area contributed by atoms with Crippen molar-refractivity contribution in [3.63, 3.8) is 0 Å². The van der Waals surface area contributed by atoms with E-state index in [0.717, 1.165) is 6.92 Å². The Kier molecular flexibility index (Phi) is 5.86. The van der Waals surface area contributed by atoms with Crippen LogP contribution in [0.5, 0.6) is 0 Å². The van der Waals surface area contributed by atoms with Gasteiger partial charge in [0, 0.05) is 6.92 Å². The Morgan fingerprint density at radius 3 is 2.43 bits per heavy atom. The van der Waals surface area contributed by atoms with Gasteiger partial charge >= 0.3 is 5.97 Å². The molecule has 1 atom stereocenters. The lowest BCUT2D eigenvalue weighted by Crippen LogP contribution is -2.40. The topological polar surface area (TPSA) is 87.0 Å². The Balaban J connectivity index is 4.52. The summed E-state index contributed by atoms with van der Waals surface area (Å²) in [5, 5.41) is 11.6. The van der Waals surface area contributed by atoms with Crippen LogP contribution < -0.4 is 0 Å². The van der Waals surface area contributed by atoms with Gasteiger partial charge in [-0.2, -0.15) is 16.8 Å². The Morgan fingerprint density at radius 1 is 1.57 bits per heavy atom. The number of thioether (sulfide) groups is 1. The van der Waals surface area contributed by atoms with Gasteiger partial charge in [0.15, 0.2) is 6.04 Å². The van der Waals surface area contributed by atoms with Crippen molar-refractivity contribution in [2.45, 2.75) is 19.4 Å². The first-order chi connectivity index (χ1) is 6.54. The number of carbonyl (C=O) groups excluding carboxylic acids is 1. The highest BCUT2D eigenvalue weighted by Crippen LogP contribution is 2.09. The molecule has 1 amide bonds. The largest absolute Gasteiger partial charge is 0.480 e. The summed E-state index contributed by atoms with van der Waals surface area (Å²) in [5.74, 6) is -1.32. The maximum Gasteiger partial charge on any atom is 0.328 e. The van der Waals surface area contributed by atoms with Crippen LogP contribution in [0.15, 0.2) is 5.29 Å². The van der Waals surface area contributed by atoms with Crippen molar-refractivity contribution in [1.29, 1.82) is 0 Å². The third-order valence-electron chi connectivity index (χ3n) is 1.59. The molecule has 1 unspecified atom stereocenters. The van der Waals surface area contributed by atoms with Crippen molar-refractivity contribution < 1.29 is 14.7 Å². The summed E-state index contributed by atoms with van der Waals surface area (Å²) in [5.41, 5.74) is 0. The molecule has 0 fully saturated rings. The number of hydrogen-bond donors (Lipinski definition) is 1. The van der Waals surface area contributed by atoms with Crippen molar-refractivity contribution in [2.75, 3.05) is 12.0 Å². The zero-order valence-corrected chi connectivity index (χ0v) is 8.78. The third kappa shape index (κ3) is 3.73. The highest BCUT2D eigenvalue weighted by Gasteiger charge is 2.28. The van der Waals surface area contributed by atoms with E-state index in [1.807, 2.05) is 6.26 Å². The van der Waals surface area contributed by atoms with E-state index in [4.69, 9.17) is 5.11 Å². The molecule has 0 saturated carbocycles. The lowest BCUT2D eigenvalue weighted by atomic mass is 10.2. The van der Waals surface area contributed by atoms with E-state index >= 15 is 0 Å². The van der Waals surface area contributed by atoms with E-state index < -0.39 is 17.9 Å². The van der Waals surface area contributed by atoms with Crippen LogP contribution in [0.4, 0.5) is 0 Å². The van der Waals surface area contributed by atoms with Gasteiger partial charge in [0.2, 0.25) is 5.91 Å². The monoisotopic (exact) mass is 220 g/mol. The SMILES string of the molecule is CSCCC(C(=O)O)N(N=O)C(C)=O. The Hall–Kier alpha value is -1.11. The van der Waals surface area contributed by atoms with Gasteiger partial charge in [-0.15, -0.1) is 4.91 Å². The van der Waals surface area contributed by atoms with Gasteiger partial charge in [-0.3, -0.25) is 4.79 Å². The molecule has 0 aromatic carbocycles. The molecule has 0 aliphatic heterocycles. The molecule has 0 spiro atoms. The minimum absolute atomic E-state index is 0.210. The zero-order valence-electron chi connectivity index (χ0n) is 7.97. The summed E-state index contributed by atoms with van der Waals surface area (Å²) in [6.45, 7) is 1.11. The molecular weight excluding hydrogens is 208 g/mol. The smallest absolute Gasteiger partial charge is 0.328 e. The van der Waals surface area contributed by atoms with Gasteiger partial charge in [0.05, 0.1) is 5.29 Å². The number of nitrogens with zero attached hydrogens (tertiary/aromatic N) is 2. The molecule has 14 heavy (non-hydrogen) atoms. The fourth-order valence-corrected chi connectivity index (χ4v) is 1.37. The highest BCUT2D eigenvalue weighted by molar-refractivity contribution is 7.98. The zero-order chi connectivity index (χ0) is 11.1. The van der Waals surface area contributed by atoms with Crippen LogP contribution in [0.1, 0.15) is 13.3 Å². The summed E-state index contributed by atoms with van der Waals surface area (Å²) < 4.78 is 0. The molecule has 0 radical (unpaired) electrons. The Bertz CT molecular complexity index is 234. The molecule has 0 bridgehead atoms. The summed E-state index contributed by atoms with van der Waals surface area (Å²) in [6, 6.07) is -1.16. The second kappa shape index (κ2) is 6.36. The molecular formula is C7H12N2O4S. The predicted molar refractivity (Wildman–Crippen MR) is 52.7 cm³/mol. The van der Waals surface area contributed by atoms with E-state index in [9.17, 15) is 14.5 Å². The van der Waals surface area contributed by atoms with Crippen molar-refractivity contribution in [3.8, 4) is 0 Å². The Morgan fingerprint density at radius 2 is 2.14 bits per heavy atom. The van der Waals surface area contributed by atoms with Crippen molar-refractivity contribution in [1.82, 2.24) is 5.01 Å². The highest BCUT2D eigenvalue weighted by atomic mass is 32.2. The van der Waals surface area contributed by atoms with E-state index in [1.54, 1.807) is 0 Å². The van der Waals surface area contributed by atoms with Crippen LogP contribution in [-0.4, -0.2) is 40.0 Å². The molecule has 0 aliphatic rings. The Labute approximate surface area is 85.6 Å². The van der Waals surface area contributed by atoms with Crippen LogP contribution >= 0.6 is 11.8 Å². The normalized spacial score (nSPS) is 11.9. The van der Waals surface area contributed by atoms with E-state index in [1.165, 1.54) is 11.8 Å². The maximum absolute atomic E-state index is 10.8. The standard InChI is InChI=1S/C7H12N2O4S/c1-5(10)9(8-13)6(7(11)12)3-4-14-2/h6H,3-4H2,1-2H3,(H,11,12). The van der Waals surface area contributed by atoms with Gasteiger partial charge in [-0.05, 0) is 18.4 Å². The second-order valence-corrected chi connectivity index (χ2v) is 3.57. The second-order valence-electron chi connectivity index (χ2n) is 2.58. The number of carboxylic acid groups (broad SMARTS) is 1. The first kappa shape index (κ1) is 12.9. The number of hydrogen-bond acceptors (Lipinski definition) is 5. The van der Waals surface area contributed by atoms with Crippen molar-refractivity contribution in [3.05, 3.63) is 4.91 Å². The van der Waals surface area contributed by atoms with Crippen LogP contribution in [0.2, 0.25) is 0 Å². The van der Waals surface area contributed by atoms with E-state index in [0.29, 0.717) is 10.8 Å². The fraction of sp³-hybridized carbons (Fsp3) is 0.714. The van der Waals surface area contributed by atoms with E-state index in [-0.39, 0.29) is 6.42 Å². The number of nitroso groups, excluding NO2 is 1. The van der Waals surface area contributed by atoms with Crippen LogP contribution in [0.25, 0.3) is 0 Å². The molecule has 7 heteroatoms. The van der Waals surface area contributed by atoms with Crippen LogP contribution in [0, 0.1) is 4.91 Å². The number of amides is 1. The third-order valence-corrected chi connectivity index (χ3v) is 2.23. The average molecular weight is 220 g/mol. The summed E-state index contributed by atoms with van der Waals surface area (Å²) in [7, 11) is 0. The van der Waals surface area contributed by atoms with Gasteiger partial charge < -0.3 is 5.11 Å². The van der Waals surface area contributed by atoms with Gasteiger partial charge in [0.25, 0.3) is 0 Å². The van der Waals surface area contributed by atoms with Crippen LogP contribution in [-0.2, 0) is 9.59 Å². The predicted octanol–water partition coefficient (Wildman–Crippen LogP) is 0.723. The lowest BCUT2D eigenvalue weighted by molar-refractivity contribution is -0.149. The first-order valence-electron chi connectivity index (χ1n) is 3.89. The molecule has 0 aromatic heterocycles. The van der Waals surface area contributed by atoms with Crippen molar-refractivity contribution >= 4 is 23.6 Å². The van der Waals surface area contributed by atoms with Gasteiger partial charge in [-0.25, -0.2) is 4.79 Å². The quantitative estimate of drug-likeness (QED) is 0.526. The number of aliphatic carboxylic acids is 1. The first-order valence-corrected chi connectivity index (χ1v) is 5.28. The fourth-order valence-electron chi connectivity index (χ4n) is 0.914. The number of rotatable bonds is 6. The molecule has 1 N–H and O–H groups in total. The average Bonchev–Trinajstić information content (AvgIpc) is 2.10. The molecule has 0 aromatic rings. The van der Waals surface area contributed by atoms with E-state index in [2.05, 4.69) is 5.29 Å².